The van der Waals surface area contributed by atoms with Crippen LogP contribution in [0.3, 0.4) is 0 Å². The van der Waals surface area contributed by atoms with Crippen LogP contribution in [0.4, 0.5) is 0 Å². The van der Waals surface area contributed by atoms with Crippen LogP contribution in [0.15, 0.2) is 44.7 Å². The van der Waals surface area contributed by atoms with Crippen molar-refractivity contribution in [2.45, 2.75) is 44.5 Å². The fourth-order valence-corrected chi connectivity index (χ4v) is 4.91. The van der Waals surface area contributed by atoms with E-state index in [1.165, 1.54) is 16.6 Å². The molecule has 0 aliphatic carbocycles. The molecule has 0 fully saturated rings. The van der Waals surface area contributed by atoms with Crippen LogP contribution in [-0.4, -0.2) is 20.2 Å². The van der Waals surface area contributed by atoms with Gasteiger partial charge in [0.2, 0.25) is 11.8 Å². The molecule has 0 saturated carbocycles. The molecule has 0 spiro atoms. The molecule has 6 nitrogen and oxygen atoms in total. The van der Waals surface area contributed by atoms with E-state index in [4.69, 9.17) is 4.42 Å². The van der Waals surface area contributed by atoms with Gasteiger partial charge in [0.05, 0.1) is 11.1 Å². The number of thiophene rings is 1. The standard InChI is InChI=1S/C21H22N4O2S2/c1-4-12(2)10-15-13(3)29-20-17(15)18(26)22-21(23-20)28-11-16-24-25-19(27-16)14-8-6-5-7-9-14/h5-9,12H,4,10-11H2,1-3H3,(H,22,23,26)/t12-/m1/s1. The molecule has 3 heterocycles. The summed E-state index contributed by atoms with van der Waals surface area (Å²) >= 11 is 2.98. The smallest absolute Gasteiger partial charge is 0.260 e. The monoisotopic (exact) mass is 426 g/mol. The van der Waals surface area contributed by atoms with Crippen LogP contribution >= 0.6 is 23.1 Å². The number of hydrogen-bond donors (Lipinski definition) is 1. The summed E-state index contributed by atoms with van der Waals surface area (Å²) in [5.41, 5.74) is 1.94. The molecular formula is C21H22N4O2S2. The molecule has 4 rings (SSSR count). The summed E-state index contributed by atoms with van der Waals surface area (Å²) in [7, 11) is 0. The van der Waals surface area contributed by atoms with Crippen LogP contribution in [0.2, 0.25) is 0 Å². The number of rotatable bonds is 7. The zero-order chi connectivity index (χ0) is 20.4. The third-order valence-electron chi connectivity index (χ3n) is 4.91. The van der Waals surface area contributed by atoms with Crippen LogP contribution in [0.25, 0.3) is 21.7 Å². The van der Waals surface area contributed by atoms with E-state index in [-0.39, 0.29) is 5.56 Å². The highest BCUT2D eigenvalue weighted by atomic mass is 32.2. The van der Waals surface area contributed by atoms with Crippen LogP contribution < -0.4 is 5.56 Å². The van der Waals surface area contributed by atoms with Gasteiger partial charge in [-0.3, -0.25) is 4.79 Å². The van der Waals surface area contributed by atoms with E-state index in [1.807, 2.05) is 30.3 Å². The van der Waals surface area contributed by atoms with E-state index in [0.29, 0.717) is 28.6 Å². The van der Waals surface area contributed by atoms with Crippen molar-refractivity contribution >= 4 is 33.3 Å². The van der Waals surface area contributed by atoms with Gasteiger partial charge in [-0.1, -0.05) is 50.2 Å². The highest BCUT2D eigenvalue weighted by molar-refractivity contribution is 7.98. The van der Waals surface area contributed by atoms with E-state index >= 15 is 0 Å². The van der Waals surface area contributed by atoms with Crippen molar-refractivity contribution in [1.29, 1.82) is 0 Å². The second kappa shape index (κ2) is 8.51. The van der Waals surface area contributed by atoms with Gasteiger partial charge >= 0.3 is 0 Å². The minimum atomic E-state index is -0.0735. The van der Waals surface area contributed by atoms with Crippen molar-refractivity contribution < 1.29 is 4.42 Å². The molecule has 1 N–H and O–H groups in total. The SMILES string of the molecule is CC[C@@H](C)Cc1c(C)sc2nc(SCc3nnc(-c4ccccc4)o3)[nH]c(=O)c12. The number of aromatic amines is 1. The van der Waals surface area contributed by atoms with Gasteiger partial charge in [0.25, 0.3) is 5.56 Å². The van der Waals surface area contributed by atoms with Crippen molar-refractivity contribution in [3.63, 3.8) is 0 Å². The van der Waals surface area contributed by atoms with E-state index in [9.17, 15) is 4.79 Å². The topological polar surface area (TPSA) is 84.7 Å². The number of H-pyrrole nitrogens is 1. The van der Waals surface area contributed by atoms with Crippen LogP contribution in [0, 0.1) is 12.8 Å². The van der Waals surface area contributed by atoms with Gasteiger partial charge in [0, 0.05) is 10.4 Å². The molecule has 0 radical (unpaired) electrons. The highest BCUT2D eigenvalue weighted by Crippen LogP contribution is 2.31. The first-order chi connectivity index (χ1) is 14.0. The van der Waals surface area contributed by atoms with Crippen molar-refractivity contribution in [1.82, 2.24) is 20.2 Å². The maximum absolute atomic E-state index is 12.8. The van der Waals surface area contributed by atoms with Gasteiger partial charge in [-0.05, 0) is 37.0 Å². The first-order valence-corrected chi connectivity index (χ1v) is 11.4. The fourth-order valence-electron chi connectivity index (χ4n) is 3.10. The summed E-state index contributed by atoms with van der Waals surface area (Å²) in [5.74, 6) is 1.97. The molecule has 0 saturated heterocycles. The summed E-state index contributed by atoms with van der Waals surface area (Å²) in [6.45, 7) is 6.45. The van der Waals surface area contributed by atoms with Gasteiger partial charge in [0.15, 0.2) is 5.16 Å². The molecule has 150 valence electrons. The first-order valence-electron chi connectivity index (χ1n) is 9.58. The molecule has 1 atom stereocenters. The molecule has 0 bridgehead atoms. The van der Waals surface area contributed by atoms with E-state index in [1.54, 1.807) is 11.3 Å². The summed E-state index contributed by atoms with van der Waals surface area (Å²) in [6.07, 6.45) is 2.00. The molecule has 0 aliphatic heterocycles. The van der Waals surface area contributed by atoms with E-state index in [2.05, 4.69) is 40.9 Å². The molecule has 29 heavy (non-hydrogen) atoms. The Morgan fingerprint density at radius 1 is 1.24 bits per heavy atom. The van der Waals surface area contributed by atoms with Crippen LogP contribution in [-0.2, 0) is 12.2 Å². The summed E-state index contributed by atoms with van der Waals surface area (Å²) in [5, 5.41) is 9.50. The lowest BCUT2D eigenvalue weighted by molar-refractivity contribution is 0.528. The number of nitrogens with one attached hydrogen (secondary N) is 1. The maximum Gasteiger partial charge on any atom is 0.260 e. The first kappa shape index (κ1) is 19.8. The Labute approximate surface area is 176 Å². The quantitative estimate of drug-likeness (QED) is 0.322. The average Bonchev–Trinajstić information content (AvgIpc) is 3.32. The second-order valence-electron chi connectivity index (χ2n) is 7.06. The number of benzene rings is 1. The summed E-state index contributed by atoms with van der Waals surface area (Å²) in [4.78, 5) is 22.3. The van der Waals surface area contributed by atoms with E-state index < -0.39 is 0 Å². The van der Waals surface area contributed by atoms with Crippen molar-refractivity contribution in [2.24, 2.45) is 5.92 Å². The third kappa shape index (κ3) is 4.28. The minimum absolute atomic E-state index is 0.0735. The Kier molecular flexibility index (Phi) is 5.82. The summed E-state index contributed by atoms with van der Waals surface area (Å²) < 4.78 is 5.73. The van der Waals surface area contributed by atoms with Gasteiger partial charge in [-0.15, -0.1) is 21.5 Å². The largest absolute Gasteiger partial charge is 0.420 e. The lowest BCUT2D eigenvalue weighted by Gasteiger charge is -2.08. The Morgan fingerprint density at radius 3 is 2.79 bits per heavy atom. The number of aromatic nitrogens is 4. The molecule has 0 aliphatic rings. The Morgan fingerprint density at radius 2 is 2.03 bits per heavy atom. The molecule has 4 aromatic rings. The molecule has 1 aromatic carbocycles. The molecule has 0 amide bonds. The lowest BCUT2D eigenvalue weighted by atomic mass is 9.98. The van der Waals surface area contributed by atoms with Crippen LogP contribution in [0.1, 0.15) is 36.6 Å². The van der Waals surface area contributed by atoms with Crippen molar-refractivity contribution in [3.8, 4) is 11.5 Å². The summed E-state index contributed by atoms with van der Waals surface area (Å²) in [6, 6.07) is 9.64. The Balaban J connectivity index is 1.54. The molecule has 3 aromatic heterocycles. The number of thioether (sulfide) groups is 1. The molecule has 0 unspecified atom stereocenters. The zero-order valence-corrected chi connectivity index (χ0v) is 18.2. The number of aryl methyl sites for hydroxylation is 1. The zero-order valence-electron chi connectivity index (χ0n) is 16.6. The number of hydrogen-bond acceptors (Lipinski definition) is 7. The number of nitrogens with zero attached hydrogens (tertiary/aromatic N) is 3. The average molecular weight is 427 g/mol. The predicted octanol–water partition coefficient (Wildman–Crippen LogP) is 5.22. The molecule has 8 heteroatoms. The lowest BCUT2D eigenvalue weighted by Crippen LogP contribution is -2.11. The fraction of sp³-hybridized carbons (Fsp3) is 0.333. The van der Waals surface area contributed by atoms with Gasteiger partial charge in [-0.2, -0.15) is 0 Å². The Hall–Kier alpha value is -2.45. The van der Waals surface area contributed by atoms with Crippen molar-refractivity contribution in [2.75, 3.05) is 0 Å². The number of fused-ring (bicyclic) bond motifs is 1. The van der Waals surface area contributed by atoms with Crippen LogP contribution in [0.5, 0.6) is 0 Å². The highest BCUT2D eigenvalue weighted by Gasteiger charge is 2.17. The maximum atomic E-state index is 12.8. The van der Waals surface area contributed by atoms with Gasteiger partial charge in [0.1, 0.15) is 4.83 Å². The van der Waals surface area contributed by atoms with Gasteiger partial charge in [-0.25, -0.2) is 4.98 Å². The van der Waals surface area contributed by atoms with E-state index in [0.717, 1.165) is 34.2 Å². The van der Waals surface area contributed by atoms with Crippen molar-refractivity contribution in [3.05, 3.63) is 57.0 Å². The second-order valence-corrected chi connectivity index (χ2v) is 9.23. The molecular weight excluding hydrogens is 404 g/mol. The van der Waals surface area contributed by atoms with Gasteiger partial charge < -0.3 is 9.40 Å². The normalized spacial score (nSPS) is 12.5. The predicted molar refractivity (Wildman–Crippen MR) is 117 cm³/mol. The minimum Gasteiger partial charge on any atom is -0.420 e. The third-order valence-corrected chi connectivity index (χ3v) is 6.81. The Bertz CT molecular complexity index is 1180.